The van der Waals surface area contributed by atoms with Crippen molar-refractivity contribution in [3.05, 3.63) is 24.0 Å². The van der Waals surface area contributed by atoms with Crippen LogP contribution in [0.25, 0.3) is 5.65 Å². The molecule has 1 fully saturated rings. The SMILES string of the molecule is CCC(CC)c1cc(N[C@H]2CC[C@H](NCCOCCOCCOCCOCCN)C2)n2nccc2n1. The topological polar surface area (TPSA) is 117 Å². The van der Waals surface area contributed by atoms with Gasteiger partial charge >= 0.3 is 0 Å². The van der Waals surface area contributed by atoms with Crippen LogP contribution >= 0.6 is 0 Å². The van der Waals surface area contributed by atoms with Crippen molar-refractivity contribution in [2.24, 2.45) is 5.73 Å². The number of aromatic nitrogens is 3. The standard InChI is InChI=1S/C26H46N6O4/c1-3-21(4-2)24-20-26(32-25(31-24)7-9-29-32)30-23-6-5-22(19-23)28-10-12-34-14-16-36-18-17-35-15-13-33-11-8-27/h7,9,20-23,28,30H,3-6,8,10-19,27H2,1-2H3/t22-,23-/m0/s1. The summed E-state index contributed by atoms with van der Waals surface area (Å²) in [7, 11) is 0. The minimum Gasteiger partial charge on any atom is -0.378 e. The van der Waals surface area contributed by atoms with E-state index in [0.29, 0.717) is 77.4 Å². The Hall–Kier alpha value is -1.82. The molecule has 2 atom stereocenters. The summed E-state index contributed by atoms with van der Waals surface area (Å²) < 4.78 is 23.8. The van der Waals surface area contributed by atoms with E-state index < -0.39 is 0 Å². The Morgan fingerprint density at radius 3 is 2.25 bits per heavy atom. The molecule has 1 aliphatic carbocycles. The maximum absolute atomic E-state index is 5.69. The first-order valence-electron chi connectivity index (χ1n) is 13.6. The van der Waals surface area contributed by atoms with E-state index in [-0.39, 0.29) is 0 Å². The maximum Gasteiger partial charge on any atom is 0.157 e. The van der Waals surface area contributed by atoms with Crippen molar-refractivity contribution in [2.75, 3.05) is 71.3 Å². The van der Waals surface area contributed by atoms with Crippen molar-refractivity contribution in [1.82, 2.24) is 19.9 Å². The number of rotatable bonds is 20. The Labute approximate surface area is 215 Å². The Kier molecular flexibility index (Phi) is 13.4. The third-order valence-electron chi connectivity index (χ3n) is 6.63. The van der Waals surface area contributed by atoms with Crippen LogP contribution in [-0.2, 0) is 18.9 Å². The summed E-state index contributed by atoms with van der Waals surface area (Å²) in [6.07, 6.45) is 7.40. The average Bonchev–Trinajstić information content (AvgIpc) is 3.55. The molecular weight excluding hydrogens is 460 g/mol. The molecular formula is C26H46N6O4. The van der Waals surface area contributed by atoms with Crippen LogP contribution < -0.4 is 16.4 Å². The van der Waals surface area contributed by atoms with Gasteiger partial charge in [0, 0.05) is 48.9 Å². The molecule has 2 aromatic heterocycles. The molecule has 10 nitrogen and oxygen atoms in total. The third kappa shape index (κ3) is 9.57. The van der Waals surface area contributed by atoms with Gasteiger partial charge in [-0.2, -0.15) is 9.61 Å². The minimum absolute atomic E-state index is 0.426. The van der Waals surface area contributed by atoms with Crippen LogP contribution in [0.15, 0.2) is 18.3 Å². The van der Waals surface area contributed by atoms with Crippen LogP contribution in [0.5, 0.6) is 0 Å². The number of hydrogen-bond acceptors (Lipinski definition) is 9. The number of nitrogens with two attached hydrogens (primary N) is 1. The normalized spacial score (nSPS) is 18.0. The fourth-order valence-corrected chi connectivity index (χ4v) is 4.64. The molecule has 10 heteroatoms. The molecule has 0 aromatic carbocycles. The van der Waals surface area contributed by atoms with Crippen molar-refractivity contribution >= 4 is 11.5 Å². The van der Waals surface area contributed by atoms with Crippen molar-refractivity contribution < 1.29 is 18.9 Å². The van der Waals surface area contributed by atoms with Gasteiger partial charge in [0.05, 0.1) is 59.1 Å². The van der Waals surface area contributed by atoms with Crippen molar-refractivity contribution in [3.8, 4) is 0 Å². The summed E-state index contributed by atoms with van der Waals surface area (Å²) >= 11 is 0. The zero-order valence-corrected chi connectivity index (χ0v) is 22.1. The van der Waals surface area contributed by atoms with E-state index in [9.17, 15) is 0 Å². The molecule has 0 unspecified atom stereocenters. The zero-order valence-electron chi connectivity index (χ0n) is 22.1. The second kappa shape index (κ2) is 16.8. The van der Waals surface area contributed by atoms with Gasteiger partial charge < -0.3 is 35.3 Å². The predicted octanol–water partition coefficient (Wildman–Crippen LogP) is 2.58. The van der Waals surface area contributed by atoms with Gasteiger partial charge in [-0.05, 0) is 32.1 Å². The molecule has 36 heavy (non-hydrogen) atoms. The van der Waals surface area contributed by atoms with E-state index in [1.54, 1.807) is 0 Å². The van der Waals surface area contributed by atoms with Gasteiger partial charge in [-0.15, -0.1) is 0 Å². The maximum atomic E-state index is 5.69. The van der Waals surface area contributed by atoms with E-state index in [4.69, 9.17) is 29.7 Å². The first-order valence-corrected chi connectivity index (χ1v) is 13.6. The van der Waals surface area contributed by atoms with Crippen LogP contribution in [0.2, 0.25) is 0 Å². The van der Waals surface area contributed by atoms with Crippen molar-refractivity contribution in [2.45, 2.75) is 64.0 Å². The molecule has 0 amide bonds. The lowest BCUT2D eigenvalue weighted by atomic mass is 9.99. The molecule has 4 N–H and O–H groups in total. The van der Waals surface area contributed by atoms with Gasteiger partial charge in [0.1, 0.15) is 5.82 Å². The summed E-state index contributed by atoms with van der Waals surface area (Å²) in [6, 6.07) is 5.10. The number of nitrogens with one attached hydrogen (secondary N) is 2. The molecule has 0 radical (unpaired) electrons. The highest BCUT2D eigenvalue weighted by molar-refractivity contribution is 5.50. The number of fused-ring (bicyclic) bond motifs is 1. The molecule has 0 saturated heterocycles. The lowest BCUT2D eigenvalue weighted by Crippen LogP contribution is -2.31. The van der Waals surface area contributed by atoms with Crippen LogP contribution in [0.3, 0.4) is 0 Å². The highest BCUT2D eigenvalue weighted by Gasteiger charge is 2.25. The number of nitrogens with zero attached hydrogens (tertiary/aromatic N) is 3. The molecule has 2 aromatic rings. The van der Waals surface area contributed by atoms with Crippen LogP contribution in [0.4, 0.5) is 5.82 Å². The number of ether oxygens (including phenoxy) is 4. The number of anilines is 1. The first kappa shape index (κ1) is 28.7. The highest BCUT2D eigenvalue weighted by atomic mass is 16.6. The van der Waals surface area contributed by atoms with Gasteiger partial charge in [-0.25, -0.2) is 4.98 Å². The molecule has 0 spiro atoms. The number of hydrogen-bond donors (Lipinski definition) is 3. The van der Waals surface area contributed by atoms with Gasteiger partial charge in [0.15, 0.2) is 5.65 Å². The van der Waals surface area contributed by atoms with Crippen LogP contribution in [0, 0.1) is 0 Å². The molecule has 1 saturated carbocycles. The summed E-state index contributed by atoms with van der Waals surface area (Å²) in [5, 5.41) is 11.9. The summed E-state index contributed by atoms with van der Waals surface area (Å²) in [4.78, 5) is 4.84. The van der Waals surface area contributed by atoms with E-state index in [2.05, 4.69) is 35.6 Å². The zero-order chi connectivity index (χ0) is 25.4. The quantitative estimate of drug-likeness (QED) is 0.233. The molecule has 0 aliphatic heterocycles. The van der Waals surface area contributed by atoms with Crippen molar-refractivity contribution in [1.29, 1.82) is 0 Å². The van der Waals surface area contributed by atoms with Gasteiger partial charge in [-0.3, -0.25) is 0 Å². The highest BCUT2D eigenvalue weighted by Crippen LogP contribution is 2.27. The third-order valence-corrected chi connectivity index (χ3v) is 6.63. The van der Waals surface area contributed by atoms with Gasteiger partial charge in [0.2, 0.25) is 0 Å². The minimum atomic E-state index is 0.426. The largest absolute Gasteiger partial charge is 0.378 e. The monoisotopic (exact) mass is 506 g/mol. The van der Waals surface area contributed by atoms with E-state index in [1.165, 1.54) is 0 Å². The van der Waals surface area contributed by atoms with Crippen LogP contribution in [-0.4, -0.2) is 92.6 Å². The Morgan fingerprint density at radius 2 is 1.58 bits per heavy atom. The van der Waals surface area contributed by atoms with Crippen LogP contribution in [0.1, 0.15) is 57.6 Å². The summed E-state index contributed by atoms with van der Waals surface area (Å²) in [5.41, 5.74) is 7.42. The smallest absolute Gasteiger partial charge is 0.157 e. The lowest BCUT2D eigenvalue weighted by molar-refractivity contribution is -0.000760. The van der Waals surface area contributed by atoms with E-state index in [1.807, 2.05) is 16.8 Å². The Balaban J connectivity index is 1.26. The average molecular weight is 507 g/mol. The predicted molar refractivity (Wildman–Crippen MR) is 142 cm³/mol. The summed E-state index contributed by atoms with van der Waals surface area (Å²) in [5.74, 6) is 1.53. The lowest BCUT2D eigenvalue weighted by Gasteiger charge is -2.19. The molecule has 0 bridgehead atoms. The van der Waals surface area contributed by atoms with Crippen molar-refractivity contribution in [3.63, 3.8) is 0 Å². The second-order valence-electron chi connectivity index (χ2n) is 9.22. The molecule has 3 rings (SSSR count). The molecule has 2 heterocycles. The Morgan fingerprint density at radius 1 is 0.944 bits per heavy atom. The summed E-state index contributed by atoms with van der Waals surface area (Å²) in [6.45, 7) is 10.5. The second-order valence-corrected chi connectivity index (χ2v) is 9.22. The first-order chi connectivity index (χ1) is 17.7. The Bertz CT molecular complexity index is 847. The molecule has 204 valence electrons. The van der Waals surface area contributed by atoms with Gasteiger partial charge in [0.25, 0.3) is 0 Å². The fourth-order valence-electron chi connectivity index (χ4n) is 4.64. The molecule has 1 aliphatic rings. The fraction of sp³-hybridized carbons (Fsp3) is 0.769. The van der Waals surface area contributed by atoms with E-state index in [0.717, 1.165) is 55.8 Å². The van der Waals surface area contributed by atoms with E-state index >= 15 is 0 Å². The van der Waals surface area contributed by atoms with Gasteiger partial charge in [-0.1, -0.05) is 13.8 Å².